The fourth-order valence-corrected chi connectivity index (χ4v) is 5.20. The van der Waals surface area contributed by atoms with Gasteiger partial charge in [0.25, 0.3) is 0 Å². The summed E-state index contributed by atoms with van der Waals surface area (Å²) in [7, 11) is 0. The predicted octanol–water partition coefficient (Wildman–Crippen LogP) is 7.03. The predicted molar refractivity (Wildman–Crippen MR) is 130 cm³/mol. The smallest absolute Gasteiger partial charge is 0.119 e. The average molecular weight is 450 g/mol. The van der Waals surface area contributed by atoms with Crippen molar-refractivity contribution in [3.05, 3.63) is 99.0 Å². The molecule has 3 aromatic carbocycles. The Hall–Kier alpha value is -2.26. The van der Waals surface area contributed by atoms with Gasteiger partial charge in [-0.2, -0.15) is 0 Å². The van der Waals surface area contributed by atoms with Crippen LogP contribution in [0.1, 0.15) is 41.5 Å². The van der Waals surface area contributed by atoms with Gasteiger partial charge in [-0.05, 0) is 89.9 Å². The second-order valence-corrected chi connectivity index (χ2v) is 9.09. The van der Waals surface area contributed by atoms with Crippen LogP contribution in [-0.2, 0) is 6.42 Å². The zero-order valence-corrected chi connectivity index (χ0v) is 18.8. The Morgan fingerprint density at radius 3 is 2.48 bits per heavy atom. The second kappa shape index (κ2) is 9.08. The number of aryl methyl sites for hydroxylation is 1. The Balaban J connectivity index is 1.62. The van der Waals surface area contributed by atoms with Gasteiger partial charge in [-0.25, -0.2) is 0 Å². The van der Waals surface area contributed by atoms with E-state index < -0.39 is 0 Å². The van der Waals surface area contributed by atoms with Gasteiger partial charge < -0.3 is 10.1 Å². The molecule has 1 aliphatic heterocycles. The minimum atomic E-state index is 0.257. The fraction of sp³-hybridized carbons (Fsp3) is 0.259. The third-order valence-corrected chi connectivity index (χ3v) is 6.73. The molecule has 1 atom stereocenters. The Morgan fingerprint density at radius 2 is 1.71 bits per heavy atom. The van der Waals surface area contributed by atoms with Crippen LogP contribution in [0.4, 0.5) is 0 Å². The molecule has 0 aromatic heterocycles. The summed E-state index contributed by atoms with van der Waals surface area (Å²) >= 11 is 12.9. The van der Waals surface area contributed by atoms with Crippen LogP contribution < -0.4 is 10.1 Å². The van der Waals surface area contributed by atoms with E-state index in [-0.39, 0.29) is 6.10 Å². The molecule has 2 aliphatic rings. The maximum absolute atomic E-state index is 6.67. The summed E-state index contributed by atoms with van der Waals surface area (Å²) in [5.41, 5.74) is 7.46. The third-order valence-electron chi connectivity index (χ3n) is 6.18. The summed E-state index contributed by atoms with van der Waals surface area (Å²) in [4.78, 5) is 0. The van der Waals surface area contributed by atoms with Gasteiger partial charge in [0.2, 0.25) is 0 Å². The molecule has 31 heavy (non-hydrogen) atoms. The van der Waals surface area contributed by atoms with E-state index in [0.717, 1.165) is 50.1 Å². The molecule has 1 unspecified atom stereocenters. The van der Waals surface area contributed by atoms with Crippen molar-refractivity contribution in [1.82, 2.24) is 5.32 Å². The lowest BCUT2D eigenvalue weighted by Gasteiger charge is -2.18. The molecule has 158 valence electrons. The number of hydrogen-bond acceptors (Lipinski definition) is 2. The first-order chi connectivity index (χ1) is 15.2. The summed E-state index contributed by atoms with van der Waals surface area (Å²) in [6, 6.07) is 23.1. The number of hydrogen-bond donors (Lipinski definition) is 1. The van der Waals surface area contributed by atoms with E-state index in [0.29, 0.717) is 10.0 Å². The van der Waals surface area contributed by atoms with Gasteiger partial charge in [-0.1, -0.05) is 65.7 Å². The van der Waals surface area contributed by atoms with Crippen LogP contribution in [0.2, 0.25) is 10.0 Å². The van der Waals surface area contributed by atoms with Crippen molar-refractivity contribution in [2.45, 2.75) is 31.8 Å². The van der Waals surface area contributed by atoms with Crippen molar-refractivity contribution in [3.63, 3.8) is 0 Å². The number of halogens is 2. The number of fused-ring (bicyclic) bond motifs is 1. The van der Waals surface area contributed by atoms with Crippen molar-refractivity contribution in [2.24, 2.45) is 0 Å². The molecular formula is C27H25Cl2NO. The van der Waals surface area contributed by atoms with E-state index in [1.54, 1.807) is 0 Å². The number of benzene rings is 3. The molecule has 0 amide bonds. The highest BCUT2D eigenvalue weighted by Gasteiger charge is 2.22. The quantitative estimate of drug-likeness (QED) is 0.461. The lowest BCUT2D eigenvalue weighted by molar-refractivity contribution is 0.223. The minimum Gasteiger partial charge on any atom is -0.489 e. The van der Waals surface area contributed by atoms with Crippen LogP contribution >= 0.6 is 23.2 Å². The zero-order chi connectivity index (χ0) is 21.2. The van der Waals surface area contributed by atoms with Crippen molar-refractivity contribution in [2.75, 3.05) is 13.1 Å². The minimum absolute atomic E-state index is 0.257. The van der Waals surface area contributed by atoms with Crippen LogP contribution in [-0.4, -0.2) is 19.2 Å². The van der Waals surface area contributed by atoms with Crippen LogP contribution in [0, 0.1) is 0 Å². The van der Waals surface area contributed by atoms with Crippen molar-refractivity contribution >= 4 is 34.3 Å². The molecule has 2 nitrogen and oxygen atoms in total. The van der Waals surface area contributed by atoms with Crippen molar-refractivity contribution in [1.29, 1.82) is 0 Å². The van der Waals surface area contributed by atoms with Gasteiger partial charge in [-0.15, -0.1) is 0 Å². The molecule has 0 bridgehead atoms. The highest BCUT2D eigenvalue weighted by molar-refractivity contribution is 6.36. The lowest BCUT2D eigenvalue weighted by atomic mass is 9.88. The first-order valence-electron chi connectivity index (χ1n) is 10.9. The van der Waals surface area contributed by atoms with Gasteiger partial charge in [0, 0.05) is 16.6 Å². The Bertz CT molecular complexity index is 1110. The van der Waals surface area contributed by atoms with Crippen molar-refractivity contribution in [3.8, 4) is 5.75 Å². The standard InChI is InChI=1S/C27H25Cl2NO/c28-20-10-13-24(26(29)16-20)25-7-3-5-18-4-1-2-6-23(18)27(25)19-8-11-21(12-9-19)31-22-14-15-30-17-22/h1-2,4,6,8-13,16,22,30H,3,5,7,14-15,17H2. The van der Waals surface area contributed by atoms with E-state index in [4.69, 9.17) is 27.9 Å². The van der Waals surface area contributed by atoms with Gasteiger partial charge >= 0.3 is 0 Å². The van der Waals surface area contributed by atoms with Crippen LogP contribution in [0.15, 0.2) is 66.7 Å². The summed E-state index contributed by atoms with van der Waals surface area (Å²) in [6.45, 7) is 1.94. The maximum atomic E-state index is 6.67. The second-order valence-electron chi connectivity index (χ2n) is 8.25. The molecule has 1 heterocycles. The van der Waals surface area contributed by atoms with E-state index in [1.165, 1.54) is 27.8 Å². The van der Waals surface area contributed by atoms with Gasteiger partial charge in [-0.3, -0.25) is 0 Å². The molecule has 3 aromatic rings. The molecule has 1 N–H and O–H groups in total. The average Bonchev–Trinajstić information content (AvgIpc) is 3.21. The topological polar surface area (TPSA) is 21.3 Å². The largest absolute Gasteiger partial charge is 0.489 e. The van der Waals surface area contributed by atoms with E-state index in [2.05, 4.69) is 59.9 Å². The summed E-state index contributed by atoms with van der Waals surface area (Å²) in [5, 5.41) is 4.71. The summed E-state index contributed by atoms with van der Waals surface area (Å²) in [5.74, 6) is 0.922. The van der Waals surface area contributed by atoms with Gasteiger partial charge in [0.05, 0.1) is 0 Å². The molecular weight excluding hydrogens is 425 g/mol. The fourth-order valence-electron chi connectivity index (χ4n) is 4.68. The lowest BCUT2D eigenvalue weighted by Crippen LogP contribution is -2.19. The van der Waals surface area contributed by atoms with Crippen LogP contribution in [0.3, 0.4) is 0 Å². The molecule has 1 aliphatic carbocycles. The summed E-state index contributed by atoms with van der Waals surface area (Å²) in [6.07, 6.45) is 4.43. The highest BCUT2D eigenvalue weighted by Crippen LogP contribution is 2.42. The van der Waals surface area contributed by atoms with Crippen LogP contribution in [0.25, 0.3) is 11.1 Å². The summed E-state index contributed by atoms with van der Waals surface area (Å²) < 4.78 is 6.14. The molecule has 5 rings (SSSR count). The number of rotatable bonds is 4. The molecule has 4 heteroatoms. The third kappa shape index (κ3) is 4.39. The van der Waals surface area contributed by atoms with Gasteiger partial charge in [0.1, 0.15) is 11.9 Å². The zero-order valence-electron chi connectivity index (χ0n) is 17.3. The van der Waals surface area contributed by atoms with E-state index >= 15 is 0 Å². The normalized spacial score (nSPS) is 18.6. The molecule has 1 saturated heterocycles. The Morgan fingerprint density at radius 1 is 0.871 bits per heavy atom. The monoisotopic (exact) mass is 449 g/mol. The SMILES string of the molecule is Clc1ccc(C2=C(c3ccc(OC4CCNC4)cc3)c3ccccc3CCC2)c(Cl)c1. The number of allylic oxidation sites excluding steroid dienone is 1. The van der Waals surface area contributed by atoms with Crippen LogP contribution in [0.5, 0.6) is 5.75 Å². The molecule has 0 saturated carbocycles. The first kappa shape index (κ1) is 20.6. The number of ether oxygens (including phenoxy) is 1. The van der Waals surface area contributed by atoms with E-state index in [9.17, 15) is 0 Å². The number of nitrogens with one attached hydrogen (secondary N) is 1. The highest BCUT2D eigenvalue weighted by atomic mass is 35.5. The Labute approximate surface area is 193 Å². The van der Waals surface area contributed by atoms with Crippen molar-refractivity contribution < 1.29 is 4.74 Å². The molecule has 1 fully saturated rings. The molecule has 0 spiro atoms. The van der Waals surface area contributed by atoms with Gasteiger partial charge in [0.15, 0.2) is 0 Å². The molecule has 0 radical (unpaired) electrons. The maximum Gasteiger partial charge on any atom is 0.119 e. The first-order valence-corrected chi connectivity index (χ1v) is 11.7. The Kier molecular flexibility index (Phi) is 6.04. The van der Waals surface area contributed by atoms with E-state index in [1.807, 2.05) is 12.1 Å².